The number of benzene rings is 1. The molecule has 0 saturated heterocycles. The number of methoxy groups -OCH3 is 1. The molecule has 0 aliphatic heterocycles. The maximum absolute atomic E-state index is 10.2. The molecular formula is C12H15NO5. The van der Waals surface area contributed by atoms with Crippen molar-refractivity contribution in [1.29, 1.82) is 0 Å². The van der Waals surface area contributed by atoms with Crippen LogP contribution in [0, 0.1) is 0 Å². The molecule has 0 heterocycles. The van der Waals surface area contributed by atoms with Crippen molar-refractivity contribution < 1.29 is 24.2 Å². The van der Waals surface area contributed by atoms with E-state index in [-0.39, 0.29) is 0 Å². The highest BCUT2D eigenvalue weighted by molar-refractivity contribution is 5.80. The quantitative estimate of drug-likeness (QED) is 0.589. The van der Waals surface area contributed by atoms with Gasteiger partial charge in [0, 0.05) is 5.56 Å². The predicted octanol–water partition coefficient (Wildman–Crippen LogP) is 1.53. The Morgan fingerprint density at radius 3 is 2.83 bits per heavy atom. The van der Waals surface area contributed by atoms with Gasteiger partial charge in [-0.25, -0.2) is 4.79 Å². The van der Waals surface area contributed by atoms with Crippen molar-refractivity contribution in [2.45, 2.75) is 6.92 Å². The highest BCUT2D eigenvalue weighted by atomic mass is 16.6. The van der Waals surface area contributed by atoms with Crippen LogP contribution in [-0.4, -0.2) is 37.6 Å². The third kappa shape index (κ3) is 4.32. The van der Waals surface area contributed by atoms with Gasteiger partial charge in [0.2, 0.25) is 6.61 Å². The van der Waals surface area contributed by atoms with E-state index in [0.717, 1.165) is 5.56 Å². The zero-order chi connectivity index (χ0) is 13.4. The molecule has 98 valence electrons. The fraction of sp³-hybridized carbons (Fsp3) is 0.333. The van der Waals surface area contributed by atoms with Crippen LogP contribution >= 0.6 is 0 Å². The second-order valence-corrected chi connectivity index (χ2v) is 3.24. The Morgan fingerprint density at radius 2 is 2.22 bits per heavy atom. The molecule has 0 radical (unpaired) electrons. The lowest BCUT2D eigenvalue weighted by Gasteiger charge is -2.09. The molecule has 1 rings (SSSR count). The lowest BCUT2D eigenvalue weighted by molar-refractivity contribution is -0.142. The molecule has 1 aromatic carbocycles. The summed E-state index contributed by atoms with van der Waals surface area (Å²) < 4.78 is 10.5. The highest BCUT2D eigenvalue weighted by Gasteiger charge is 2.04. The SMILES string of the molecule is CCOc1cc(/C=N/OCC(=O)O)ccc1OC. The van der Waals surface area contributed by atoms with Crippen molar-refractivity contribution in [1.82, 2.24) is 0 Å². The molecule has 1 N–H and O–H groups in total. The monoisotopic (exact) mass is 253 g/mol. The fourth-order valence-electron chi connectivity index (χ4n) is 1.23. The fourth-order valence-corrected chi connectivity index (χ4v) is 1.23. The Balaban J connectivity index is 2.71. The third-order valence-corrected chi connectivity index (χ3v) is 1.95. The molecule has 0 spiro atoms. The summed E-state index contributed by atoms with van der Waals surface area (Å²) in [5.74, 6) is 0.152. The Hall–Kier alpha value is -2.24. The second-order valence-electron chi connectivity index (χ2n) is 3.24. The molecule has 0 bridgehead atoms. The number of oxime groups is 1. The molecule has 6 heteroatoms. The summed E-state index contributed by atoms with van der Waals surface area (Å²) in [6.07, 6.45) is 1.41. The predicted molar refractivity (Wildman–Crippen MR) is 65.3 cm³/mol. The van der Waals surface area contributed by atoms with Crippen molar-refractivity contribution in [2.75, 3.05) is 20.3 Å². The Bertz CT molecular complexity index is 430. The number of carboxylic acid groups (broad SMARTS) is 1. The van der Waals surface area contributed by atoms with Crippen molar-refractivity contribution in [3.63, 3.8) is 0 Å². The van der Waals surface area contributed by atoms with Gasteiger partial charge in [-0.3, -0.25) is 0 Å². The average molecular weight is 253 g/mol. The van der Waals surface area contributed by atoms with Crippen LogP contribution in [0.4, 0.5) is 0 Å². The number of carboxylic acids is 1. The smallest absolute Gasteiger partial charge is 0.344 e. The summed E-state index contributed by atoms with van der Waals surface area (Å²) in [6.45, 7) is 1.92. The van der Waals surface area contributed by atoms with E-state index in [1.54, 1.807) is 25.3 Å². The van der Waals surface area contributed by atoms with Gasteiger partial charge in [-0.2, -0.15) is 0 Å². The van der Waals surface area contributed by atoms with Gasteiger partial charge in [-0.1, -0.05) is 5.16 Å². The van der Waals surface area contributed by atoms with E-state index in [1.165, 1.54) is 6.21 Å². The van der Waals surface area contributed by atoms with E-state index in [2.05, 4.69) is 9.99 Å². The minimum Gasteiger partial charge on any atom is -0.493 e. The zero-order valence-electron chi connectivity index (χ0n) is 10.3. The topological polar surface area (TPSA) is 77.4 Å². The minimum absolute atomic E-state index is 0.467. The molecular weight excluding hydrogens is 238 g/mol. The van der Waals surface area contributed by atoms with Crippen LogP contribution in [0.2, 0.25) is 0 Å². The largest absolute Gasteiger partial charge is 0.493 e. The maximum atomic E-state index is 10.2. The molecule has 0 saturated carbocycles. The van der Waals surface area contributed by atoms with Crippen molar-refractivity contribution >= 4 is 12.2 Å². The van der Waals surface area contributed by atoms with Gasteiger partial charge in [0.25, 0.3) is 0 Å². The van der Waals surface area contributed by atoms with Crippen LogP contribution < -0.4 is 9.47 Å². The van der Waals surface area contributed by atoms with Crippen LogP contribution in [-0.2, 0) is 9.63 Å². The van der Waals surface area contributed by atoms with Crippen LogP contribution in [0.1, 0.15) is 12.5 Å². The first-order chi connectivity index (χ1) is 8.67. The number of rotatable bonds is 7. The molecule has 1 aromatic rings. The van der Waals surface area contributed by atoms with Crippen molar-refractivity contribution in [3.05, 3.63) is 23.8 Å². The standard InChI is InChI=1S/C12H15NO5/c1-3-17-11-6-9(4-5-10(11)16-2)7-13-18-8-12(14)15/h4-7H,3,8H2,1-2H3,(H,14,15)/b13-7+. The van der Waals surface area contributed by atoms with Gasteiger partial charge in [-0.15, -0.1) is 0 Å². The van der Waals surface area contributed by atoms with Crippen LogP contribution in [0.15, 0.2) is 23.4 Å². The van der Waals surface area contributed by atoms with Crippen molar-refractivity contribution in [2.24, 2.45) is 5.16 Å². The van der Waals surface area contributed by atoms with Gasteiger partial charge in [0.05, 0.1) is 19.9 Å². The first-order valence-corrected chi connectivity index (χ1v) is 5.35. The molecule has 0 atom stereocenters. The Kier molecular flexibility index (Phi) is 5.50. The Labute approximate surface area is 105 Å². The minimum atomic E-state index is -1.07. The van der Waals surface area contributed by atoms with E-state index < -0.39 is 12.6 Å². The Morgan fingerprint density at radius 1 is 1.44 bits per heavy atom. The third-order valence-electron chi connectivity index (χ3n) is 1.95. The van der Waals surface area contributed by atoms with Gasteiger partial charge in [0.15, 0.2) is 11.5 Å². The molecule has 0 unspecified atom stereocenters. The maximum Gasteiger partial charge on any atom is 0.344 e. The van der Waals surface area contributed by atoms with E-state index in [9.17, 15) is 4.79 Å². The molecule has 0 amide bonds. The number of hydrogen-bond acceptors (Lipinski definition) is 5. The number of hydrogen-bond donors (Lipinski definition) is 1. The molecule has 6 nitrogen and oxygen atoms in total. The van der Waals surface area contributed by atoms with E-state index >= 15 is 0 Å². The number of nitrogens with zero attached hydrogens (tertiary/aromatic N) is 1. The summed E-state index contributed by atoms with van der Waals surface area (Å²) in [4.78, 5) is 14.8. The lowest BCUT2D eigenvalue weighted by atomic mass is 10.2. The first-order valence-electron chi connectivity index (χ1n) is 5.35. The summed E-state index contributed by atoms with van der Waals surface area (Å²) in [7, 11) is 1.56. The van der Waals surface area contributed by atoms with Crippen LogP contribution in [0.3, 0.4) is 0 Å². The van der Waals surface area contributed by atoms with E-state index in [0.29, 0.717) is 18.1 Å². The van der Waals surface area contributed by atoms with Gasteiger partial charge >= 0.3 is 5.97 Å². The molecule has 0 aliphatic carbocycles. The summed E-state index contributed by atoms with van der Waals surface area (Å²) in [5.41, 5.74) is 0.727. The summed E-state index contributed by atoms with van der Waals surface area (Å²) >= 11 is 0. The molecule has 0 aromatic heterocycles. The van der Waals surface area contributed by atoms with Crippen LogP contribution in [0.5, 0.6) is 11.5 Å². The zero-order valence-corrected chi connectivity index (χ0v) is 10.3. The molecule has 0 fully saturated rings. The van der Waals surface area contributed by atoms with Gasteiger partial charge in [0.1, 0.15) is 0 Å². The molecule has 18 heavy (non-hydrogen) atoms. The van der Waals surface area contributed by atoms with Crippen molar-refractivity contribution in [3.8, 4) is 11.5 Å². The first kappa shape index (κ1) is 13.8. The summed E-state index contributed by atoms with van der Waals surface area (Å²) in [5, 5.41) is 11.9. The number of aliphatic carboxylic acids is 1. The lowest BCUT2D eigenvalue weighted by Crippen LogP contribution is -2.03. The summed E-state index contributed by atoms with van der Waals surface area (Å²) in [6, 6.07) is 5.23. The van der Waals surface area contributed by atoms with E-state index in [1.807, 2.05) is 6.92 Å². The number of carbonyl (C=O) groups is 1. The highest BCUT2D eigenvalue weighted by Crippen LogP contribution is 2.27. The normalized spacial score (nSPS) is 10.3. The van der Waals surface area contributed by atoms with Crippen LogP contribution in [0.25, 0.3) is 0 Å². The molecule has 0 aliphatic rings. The number of ether oxygens (including phenoxy) is 2. The van der Waals surface area contributed by atoms with Gasteiger partial charge in [-0.05, 0) is 25.1 Å². The second kappa shape index (κ2) is 7.16. The van der Waals surface area contributed by atoms with E-state index in [4.69, 9.17) is 14.6 Å². The van der Waals surface area contributed by atoms with Gasteiger partial charge < -0.3 is 19.4 Å². The average Bonchev–Trinajstić information content (AvgIpc) is 2.35.